The van der Waals surface area contributed by atoms with Gasteiger partial charge in [-0.2, -0.15) is 0 Å². The molecule has 0 radical (unpaired) electrons. The van der Waals surface area contributed by atoms with E-state index in [-0.39, 0.29) is 11.4 Å². The van der Waals surface area contributed by atoms with Gasteiger partial charge < -0.3 is 10.1 Å². The number of nitrogens with zero attached hydrogens (tertiary/aromatic N) is 2. The van der Waals surface area contributed by atoms with Gasteiger partial charge in [0.2, 0.25) is 5.75 Å². The molecule has 0 spiro atoms. The van der Waals surface area contributed by atoms with Crippen LogP contribution < -0.4 is 10.1 Å². The van der Waals surface area contributed by atoms with Crippen LogP contribution >= 0.6 is 0 Å². The topological polar surface area (TPSA) is 77.3 Å². The molecular weight excluding hydrogens is 246 g/mol. The van der Waals surface area contributed by atoms with Gasteiger partial charge in [-0.3, -0.25) is 10.1 Å². The maximum Gasteiger partial charge on any atom is 0.311 e. The zero-order chi connectivity index (χ0) is 13.7. The van der Waals surface area contributed by atoms with Crippen molar-refractivity contribution in [3.63, 3.8) is 0 Å². The molecule has 1 N–H and O–H groups in total. The number of pyridine rings is 1. The Kier molecular flexibility index (Phi) is 3.92. The normalized spacial score (nSPS) is 9.95. The molecule has 0 saturated heterocycles. The van der Waals surface area contributed by atoms with E-state index in [2.05, 4.69) is 10.3 Å². The molecule has 0 aliphatic heterocycles. The third-order valence-electron chi connectivity index (χ3n) is 2.38. The number of aromatic nitrogens is 1. The van der Waals surface area contributed by atoms with Gasteiger partial charge in [0.25, 0.3) is 0 Å². The SMILES string of the molecule is CCNc1cc(Oc2ccccc2[N+](=O)[O-])ccn1. The molecule has 1 heterocycles. The zero-order valence-electron chi connectivity index (χ0n) is 10.4. The van der Waals surface area contributed by atoms with Crippen molar-refractivity contribution < 1.29 is 9.66 Å². The van der Waals surface area contributed by atoms with Crippen molar-refractivity contribution in [1.29, 1.82) is 0 Å². The summed E-state index contributed by atoms with van der Waals surface area (Å²) in [6, 6.07) is 9.60. The molecule has 0 amide bonds. The van der Waals surface area contributed by atoms with Crippen molar-refractivity contribution in [2.24, 2.45) is 0 Å². The minimum atomic E-state index is -0.471. The van der Waals surface area contributed by atoms with Gasteiger partial charge in [-0.1, -0.05) is 12.1 Å². The Bertz CT molecular complexity index is 587. The van der Waals surface area contributed by atoms with Crippen LogP contribution in [0.15, 0.2) is 42.6 Å². The fourth-order valence-corrected chi connectivity index (χ4v) is 1.57. The van der Waals surface area contributed by atoms with E-state index in [4.69, 9.17) is 4.74 Å². The van der Waals surface area contributed by atoms with E-state index < -0.39 is 4.92 Å². The van der Waals surface area contributed by atoms with Crippen molar-refractivity contribution >= 4 is 11.5 Å². The number of anilines is 1. The van der Waals surface area contributed by atoms with Gasteiger partial charge >= 0.3 is 5.69 Å². The smallest absolute Gasteiger partial charge is 0.311 e. The Morgan fingerprint density at radius 1 is 1.37 bits per heavy atom. The quantitative estimate of drug-likeness (QED) is 0.659. The van der Waals surface area contributed by atoms with Crippen LogP contribution in [-0.2, 0) is 0 Å². The molecule has 2 aromatic rings. The van der Waals surface area contributed by atoms with Gasteiger partial charge in [0.15, 0.2) is 0 Å². The highest BCUT2D eigenvalue weighted by molar-refractivity contribution is 5.49. The number of benzene rings is 1. The van der Waals surface area contributed by atoms with Crippen molar-refractivity contribution in [2.75, 3.05) is 11.9 Å². The van der Waals surface area contributed by atoms with Gasteiger partial charge in [-0.25, -0.2) is 4.98 Å². The van der Waals surface area contributed by atoms with Crippen LogP contribution in [0, 0.1) is 10.1 Å². The second-order valence-corrected chi connectivity index (χ2v) is 3.73. The third kappa shape index (κ3) is 3.19. The molecule has 0 fully saturated rings. The first-order chi connectivity index (χ1) is 9.20. The van der Waals surface area contributed by atoms with Gasteiger partial charge in [0.05, 0.1) is 4.92 Å². The number of nitrogens with one attached hydrogen (secondary N) is 1. The molecule has 6 heteroatoms. The number of hydrogen-bond donors (Lipinski definition) is 1. The lowest BCUT2D eigenvalue weighted by atomic mass is 10.3. The van der Waals surface area contributed by atoms with Crippen LogP contribution in [0.1, 0.15) is 6.92 Å². The number of hydrogen-bond acceptors (Lipinski definition) is 5. The van der Waals surface area contributed by atoms with E-state index in [1.807, 2.05) is 6.92 Å². The van der Waals surface area contributed by atoms with Crippen LogP contribution in [0.3, 0.4) is 0 Å². The molecular formula is C13H13N3O3. The van der Waals surface area contributed by atoms with Crippen LogP contribution in [0.4, 0.5) is 11.5 Å². The molecule has 0 unspecified atom stereocenters. The zero-order valence-corrected chi connectivity index (χ0v) is 10.4. The minimum Gasteiger partial charge on any atom is -0.450 e. The lowest BCUT2D eigenvalue weighted by molar-refractivity contribution is -0.385. The highest BCUT2D eigenvalue weighted by atomic mass is 16.6. The Hall–Kier alpha value is -2.63. The minimum absolute atomic E-state index is 0.0655. The molecule has 0 atom stereocenters. The number of ether oxygens (including phenoxy) is 1. The average molecular weight is 259 g/mol. The summed E-state index contributed by atoms with van der Waals surface area (Å²) in [5.74, 6) is 1.37. The molecule has 2 rings (SSSR count). The van der Waals surface area contributed by atoms with Crippen LogP contribution in [0.25, 0.3) is 0 Å². The Balaban J connectivity index is 2.26. The van der Waals surface area contributed by atoms with E-state index in [1.165, 1.54) is 6.07 Å². The van der Waals surface area contributed by atoms with Gasteiger partial charge in [-0.05, 0) is 19.1 Å². The first-order valence-corrected chi connectivity index (χ1v) is 5.82. The van der Waals surface area contributed by atoms with E-state index >= 15 is 0 Å². The maximum atomic E-state index is 10.9. The Labute approximate surface area is 110 Å². The monoisotopic (exact) mass is 259 g/mol. The standard InChI is InChI=1S/C13H13N3O3/c1-2-14-13-9-10(7-8-15-13)19-12-6-4-3-5-11(12)16(17)18/h3-9H,2H2,1H3,(H,14,15). The van der Waals surface area contributed by atoms with Crippen molar-refractivity contribution in [2.45, 2.75) is 6.92 Å². The number of nitro groups is 1. The summed E-state index contributed by atoms with van der Waals surface area (Å²) >= 11 is 0. The molecule has 98 valence electrons. The molecule has 19 heavy (non-hydrogen) atoms. The molecule has 0 saturated carbocycles. The van der Waals surface area contributed by atoms with E-state index in [0.717, 1.165) is 6.54 Å². The predicted molar refractivity (Wildman–Crippen MR) is 71.6 cm³/mol. The first kappa shape index (κ1) is 12.8. The Morgan fingerprint density at radius 2 is 2.16 bits per heavy atom. The summed E-state index contributed by atoms with van der Waals surface area (Å²) in [4.78, 5) is 14.5. The Morgan fingerprint density at radius 3 is 2.89 bits per heavy atom. The average Bonchev–Trinajstić information content (AvgIpc) is 2.40. The summed E-state index contributed by atoms with van der Waals surface area (Å²) in [7, 11) is 0. The highest BCUT2D eigenvalue weighted by Gasteiger charge is 2.14. The largest absolute Gasteiger partial charge is 0.450 e. The van der Waals surface area contributed by atoms with Crippen LogP contribution in [-0.4, -0.2) is 16.5 Å². The second-order valence-electron chi connectivity index (χ2n) is 3.73. The van der Waals surface area contributed by atoms with Crippen molar-refractivity contribution in [3.05, 3.63) is 52.7 Å². The molecule has 1 aromatic carbocycles. The summed E-state index contributed by atoms with van der Waals surface area (Å²) in [6.45, 7) is 2.69. The van der Waals surface area contributed by atoms with Crippen molar-refractivity contribution in [3.8, 4) is 11.5 Å². The van der Waals surface area contributed by atoms with E-state index in [9.17, 15) is 10.1 Å². The summed E-state index contributed by atoms with van der Waals surface area (Å²) in [5.41, 5.74) is -0.0655. The molecule has 0 aliphatic rings. The summed E-state index contributed by atoms with van der Waals surface area (Å²) in [5, 5.41) is 13.9. The fraction of sp³-hybridized carbons (Fsp3) is 0.154. The lowest BCUT2D eigenvalue weighted by Crippen LogP contribution is -1.99. The van der Waals surface area contributed by atoms with Gasteiger partial charge in [-0.15, -0.1) is 0 Å². The fourth-order valence-electron chi connectivity index (χ4n) is 1.57. The molecule has 1 aromatic heterocycles. The first-order valence-electron chi connectivity index (χ1n) is 5.82. The predicted octanol–water partition coefficient (Wildman–Crippen LogP) is 3.21. The van der Waals surface area contributed by atoms with Gasteiger partial charge in [0.1, 0.15) is 11.6 Å². The lowest BCUT2D eigenvalue weighted by Gasteiger charge is -2.07. The van der Waals surface area contributed by atoms with Crippen LogP contribution in [0.5, 0.6) is 11.5 Å². The van der Waals surface area contributed by atoms with Gasteiger partial charge in [0, 0.05) is 24.9 Å². The maximum absolute atomic E-state index is 10.9. The summed E-state index contributed by atoms with van der Waals surface area (Å²) in [6.07, 6.45) is 1.59. The van der Waals surface area contributed by atoms with Crippen LogP contribution in [0.2, 0.25) is 0 Å². The molecule has 6 nitrogen and oxygen atoms in total. The number of rotatable bonds is 5. The van der Waals surface area contributed by atoms with E-state index in [1.54, 1.807) is 36.5 Å². The number of nitro benzene ring substituents is 1. The number of para-hydroxylation sites is 2. The third-order valence-corrected chi connectivity index (χ3v) is 2.38. The second kappa shape index (κ2) is 5.81. The van der Waals surface area contributed by atoms with Crippen molar-refractivity contribution in [1.82, 2.24) is 4.98 Å². The molecule has 0 aliphatic carbocycles. The highest BCUT2D eigenvalue weighted by Crippen LogP contribution is 2.31. The molecule has 0 bridgehead atoms. The van der Waals surface area contributed by atoms with E-state index in [0.29, 0.717) is 11.6 Å². The summed E-state index contributed by atoms with van der Waals surface area (Å²) < 4.78 is 5.54.